The van der Waals surface area contributed by atoms with Gasteiger partial charge in [-0.25, -0.2) is 0 Å². The molecule has 0 unspecified atom stereocenters. The molecule has 1 aliphatic heterocycles. The molecule has 1 aliphatic rings. The number of carbonyl (C=O) groups is 1. The molecule has 0 radical (unpaired) electrons. The molecule has 4 N–H and O–H groups in total. The number of aromatic nitrogens is 2. The van der Waals surface area contributed by atoms with E-state index < -0.39 is 0 Å². The minimum absolute atomic E-state index is 0.0402. The molecule has 0 bridgehead atoms. The Morgan fingerprint density at radius 2 is 2.14 bits per heavy atom. The Morgan fingerprint density at radius 3 is 2.95 bits per heavy atom. The Morgan fingerprint density at radius 1 is 1.29 bits per heavy atom. The van der Waals surface area contributed by atoms with Crippen LogP contribution in [-0.4, -0.2) is 22.9 Å². The van der Waals surface area contributed by atoms with E-state index in [1.165, 1.54) is 0 Å². The summed E-state index contributed by atoms with van der Waals surface area (Å²) in [5.74, 6) is 1.78. The van der Waals surface area contributed by atoms with E-state index in [9.17, 15) is 4.79 Å². The molecular formula is C14H15N5O2. The second-order valence-electron chi connectivity index (χ2n) is 4.67. The fourth-order valence-electron chi connectivity index (χ4n) is 2.17. The number of carbonyl (C=O) groups excluding carboxylic acids is 1. The third kappa shape index (κ3) is 2.86. The number of fused-ring (bicyclic) bond motifs is 1. The van der Waals surface area contributed by atoms with Crippen molar-refractivity contribution in [1.29, 1.82) is 0 Å². The van der Waals surface area contributed by atoms with Gasteiger partial charge in [-0.05, 0) is 30.2 Å². The smallest absolute Gasteiger partial charge is 0.226 e. The zero-order valence-corrected chi connectivity index (χ0v) is 11.5. The number of aryl methyl sites for hydroxylation is 1. The Bertz CT molecular complexity index is 702. The van der Waals surface area contributed by atoms with Crippen LogP contribution in [0.15, 0.2) is 24.3 Å². The molecule has 2 heterocycles. The van der Waals surface area contributed by atoms with E-state index >= 15 is 0 Å². The van der Waals surface area contributed by atoms with Crippen molar-refractivity contribution in [2.45, 2.75) is 12.8 Å². The van der Waals surface area contributed by atoms with Gasteiger partial charge in [0.15, 0.2) is 0 Å². The molecule has 0 atom stereocenters. The minimum atomic E-state index is 0.0402. The normalized spacial score (nSPS) is 13.3. The van der Waals surface area contributed by atoms with Crippen molar-refractivity contribution < 1.29 is 9.53 Å². The summed E-state index contributed by atoms with van der Waals surface area (Å²) in [5, 5.41) is 5.72. The number of hydrogen-bond donors (Lipinski definition) is 3. The molecule has 108 valence electrons. The third-order valence-corrected chi connectivity index (χ3v) is 3.17. The summed E-state index contributed by atoms with van der Waals surface area (Å²) in [6.07, 6.45) is 1.19. The van der Waals surface area contributed by atoms with E-state index in [2.05, 4.69) is 20.6 Å². The highest BCUT2D eigenvalue weighted by Crippen LogP contribution is 2.29. The number of rotatable bonds is 3. The quantitative estimate of drug-likeness (QED) is 0.794. The molecular weight excluding hydrogens is 270 g/mol. The highest BCUT2D eigenvalue weighted by molar-refractivity contribution is 5.94. The second-order valence-corrected chi connectivity index (χ2v) is 4.67. The number of benzene rings is 1. The van der Waals surface area contributed by atoms with Gasteiger partial charge in [0, 0.05) is 25.2 Å². The molecule has 1 aromatic heterocycles. The van der Waals surface area contributed by atoms with Crippen molar-refractivity contribution in [3.8, 4) is 11.6 Å². The van der Waals surface area contributed by atoms with Crippen molar-refractivity contribution in [2.75, 3.05) is 23.4 Å². The van der Waals surface area contributed by atoms with Gasteiger partial charge in [-0.15, -0.1) is 0 Å². The van der Waals surface area contributed by atoms with E-state index in [1.54, 1.807) is 19.2 Å². The summed E-state index contributed by atoms with van der Waals surface area (Å²) >= 11 is 0. The predicted octanol–water partition coefficient (Wildman–Crippen LogP) is 1.78. The van der Waals surface area contributed by atoms with Crippen LogP contribution >= 0.6 is 0 Å². The first-order valence-corrected chi connectivity index (χ1v) is 6.57. The first kappa shape index (κ1) is 13.2. The second kappa shape index (κ2) is 5.28. The van der Waals surface area contributed by atoms with Crippen molar-refractivity contribution in [3.05, 3.63) is 29.8 Å². The summed E-state index contributed by atoms with van der Waals surface area (Å²) in [5.41, 5.74) is 7.50. The van der Waals surface area contributed by atoms with Gasteiger partial charge in [0.25, 0.3) is 0 Å². The lowest BCUT2D eigenvalue weighted by molar-refractivity contribution is -0.116. The van der Waals surface area contributed by atoms with Crippen LogP contribution in [0.3, 0.4) is 0 Å². The topological polar surface area (TPSA) is 102 Å². The van der Waals surface area contributed by atoms with Gasteiger partial charge in [-0.1, -0.05) is 0 Å². The minimum Gasteiger partial charge on any atom is -0.439 e. The maximum absolute atomic E-state index is 11.3. The fourth-order valence-corrected chi connectivity index (χ4v) is 2.17. The van der Waals surface area contributed by atoms with Gasteiger partial charge < -0.3 is 21.1 Å². The van der Waals surface area contributed by atoms with Crippen molar-refractivity contribution >= 4 is 23.4 Å². The third-order valence-electron chi connectivity index (χ3n) is 3.17. The van der Waals surface area contributed by atoms with Gasteiger partial charge in [0.05, 0.1) is 0 Å². The molecule has 1 aromatic carbocycles. The van der Waals surface area contributed by atoms with E-state index in [4.69, 9.17) is 10.5 Å². The number of hydrogen-bond acceptors (Lipinski definition) is 6. The summed E-state index contributed by atoms with van der Waals surface area (Å²) in [7, 11) is 1.74. The number of nitrogens with zero attached hydrogens (tertiary/aromatic N) is 2. The summed E-state index contributed by atoms with van der Waals surface area (Å²) < 4.78 is 5.71. The van der Waals surface area contributed by atoms with E-state index in [-0.39, 0.29) is 11.9 Å². The zero-order valence-electron chi connectivity index (χ0n) is 11.5. The first-order chi connectivity index (χ1) is 10.1. The maximum Gasteiger partial charge on any atom is 0.226 e. The monoisotopic (exact) mass is 285 g/mol. The van der Waals surface area contributed by atoms with Crippen LogP contribution in [0.1, 0.15) is 12.0 Å². The maximum atomic E-state index is 11.3. The summed E-state index contributed by atoms with van der Waals surface area (Å²) in [6, 6.07) is 7.16. The van der Waals surface area contributed by atoms with Crippen molar-refractivity contribution in [3.63, 3.8) is 0 Å². The fraction of sp³-hybridized carbons (Fsp3) is 0.214. The lowest BCUT2D eigenvalue weighted by atomic mass is 10.0. The number of nitrogens with two attached hydrogens (primary N) is 1. The zero-order chi connectivity index (χ0) is 14.8. The number of nitrogen functional groups attached to an aromatic ring is 1. The van der Waals surface area contributed by atoms with Crippen molar-refractivity contribution in [2.24, 2.45) is 0 Å². The molecule has 21 heavy (non-hydrogen) atoms. The number of anilines is 3. The molecule has 3 rings (SSSR count). The van der Waals surface area contributed by atoms with Crippen LogP contribution in [-0.2, 0) is 11.2 Å². The average molecular weight is 285 g/mol. The van der Waals surface area contributed by atoms with Crippen LogP contribution in [0.4, 0.5) is 17.5 Å². The Labute approximate surface area is 121 Å². The number of amides is 1. The van der Waals surface area contributed by atoms with Crippen LogP contribution in [0, 0.1) is 0 Å². The van der Waals surface area contributed by atoms with Gasteiger partial charge >= 0.3 is 0 Å². The molecule has 0 saturated carbocycles. The summed E-state index contributed by atoms with van der Waals surface area (Å²) in [4.78, 5) is 19.4. The van der Waals surface area contributed by atoms with Crippen LogP contribution in [0.5, 0.6) is 11.6 Å². The van der Waals surface area contributed by atoms with Gasteiger partial charge in [-0.2, -0.15) is 9.97 Å². The molecule has 7 heteroatoms. The molecule has 0 saturated heterocycles. The SMILES string of the molecule is CNc1cc(Oc2ccc3c(c2)CCC(=O)N3)nc(N)n1. The molecule has 2 aromatic rings. The molecule has 7 nitrogen and oxygen atoms in total. The van der Waals surface area contributed by atoms with E-state index in [0.717, 1.165) is 11.3 Å². The molecule has 0 spiro atoms. The van der Waals surface area contributed by atoms with E-state index in [0.29, 0.717) is 30.3 Å². The van der Waals surface area contributed by atoms with Crippen LogP contribution in [0.25, 0.3) is 0 Å². The molecule has 1 amide bonds. The molecule has 0 fully saturated rings. The number of ether oxygens (including phenoxy) is 1. The highest BCUT2D eigenvalue weighted by atomic mass is 16.5. The van der Waals surface area contributed by atoms with Gasteiger partial charge in [-0.3, -0.25) is 4.79 Å². The Balaban J connectivity index is 1.85. The summed E-state index contributed by atoms with van der Waals surface area (Å²) in [6.45, 7) is 0. The standard InChI is InChI=1S/C14H15N5O2/c1-16-11-7-13(19-14(15)18-11)21-9-3-4-10-8(6-9)2-5-12(20)17-10/h3-4,6-7H,2,5H2,1H3,(H,17,20)(H3,15,16,18,19). The van der Waals surface area contributed by atoms with E-state index in [1.807, 2.05) is 12.1 Å². The Hall–Kier alpha value is -2.83. The van der Waals surface area contributed by atoms with Gasteiger partial charge in [0.2, 0.25) is 17.7 Å². The Kier molecular flexibility index (Phi) is 3.31. The largest absolute Gasteiger partial charge is 0.439 e. The predicted molar refractivity (Wildman–Crippen MR) is 79.5 cm³/mol. The highest BCUT2D eigenvalue weighted by Gasteiger charge is 2.15. The van der Waals surface area contributed by atoms with Crippen molar-refractivity contribution in [1.82, 2.24) is 9.97 Å². The van der Waals surface area contributed by atoms with Crippen LogP contribution < -0.4 is 21.1 Å². The molecule has 0 aliphatic carbocycles. The lowest BCUT2D eigenvalue weighted by Gasteiger charge is -2.17. The van der Waals surface area contributed by atoms with Crippen LogP contribution in [0.2, 0.25) is 0 Å². The lowest BCUT2D eigenvalue weighted by Crippen LogP contribution is -2.18. The average Bonchev–Trinajstić information content (AvgIpc) is 2.47. The number of nitrogens with one attached hydrogen (secondary N) is 2. The first-order valence-electron chi connectivity index (χ1n) is 6.57. The van der Waals surface area contributed by atoms with Gasteiger partial charge in [0.1, 0.15) is 11.6 Å².